The summed E-state index contributed by atoms with van der Waals surface area (Å²) in [4.78, 5) is 15.7. The van der Waals surface area contributed by atoms with E-state index in [2.05, 4.69) is 34.3 Å². The third-order valence-corrected chi connectivity index (χ3v) is 4.03. The first kappa shape index (κ1) is 15.4. The number of anilines is 1. The topological polar surface area (TPSA) is 77.0 Å². The molecule has 0 saturated carbocycles. The van der Waals surface area contributed by atoms with Crippen molar-refractivity contribution in [3.05, 3.63) is 29.5 Å². The lowest BCUT2D eigenvalue weighted by Crippen LogP contribution is -2.20. The van der Waals surface area contributed by atoms with E-state index in [1.807, 2.05) is 0 Å². The lowest BCUT2D eigenvalue weighted by Gasteiger charge is -2.06. The summed E-state index contributed by atoms with van der Waals surface area (Å²) in [5.74, 6) is 0.702. The molecule has 2 aromatic heterocycles. The summed E-state index contributed by atoms with van der Waals surface area (Å²) < 4.78 is 5.32. The fourth-order valence-corrected chi connectivity index (χ4v) is 2.85. The molecule has 0 spiro atoms. The first-order chi connectivity index (χ1) is 10.2. The SMILES string of the molecule is CCC(CC)c1nnc(NC(=O)COc2cccnc2)s1. The number of ether oxygens (including phenoxy) is 1. The van der Waals surface area contributed by atoms with Crippen molar-refractivity contribution in [2.45, 2.75) is 32.6 Å². The van der Waals surface area contributed by atoms with Gasteiger partial charge in [0.1, 0.15) is 10.8 Å². The number of pyridine rings is 1. The molecule has 0 aliphatic heterocycles. The Morgan fingerprint density at radius 1 is 1.38 bits per heavy atom. The lowest BCUT2D eigenvalue weighted by atomic mass is 10.1. The number of hydrogen-bond acceptors (Lipinski definition) is 6. The molecule has 2 rings (SSSR count). The number of rotatable bonds is 7. The van der Waals surface area contributed by atoms with Gasteiger partial charge in [0.2, 0.25) is 5.13 Å². The molecular weight excluding hydrogens is 288 g/mol. The van der Waals surface area contributed by atoms with Crippen molar-refractivity contribution in [3.8, 4) is 5.75 Å². The molecule has 0 unspecified atom stereocenters. The van der Waals surface area contributed by atoms with E-state index in [1.54, 1.807) is 24.5 Å². The normalized spacial score (nSPS) is 10.6. The maximum atomic E-state index is 11.8. The summed E-state index contributed by atoms with van der Waals surface area (Å²) >= 11 is 1.42. The summed E-state index contributed by atoms with van der Waals surface area (Å²) in [5.41, 5.74) is 0. The largest absolute Gasteiger partial charge is 0.482 e. The zero-order valence-corrected chi connectivity index (χ0v) is 12.9. The van der Waals surface area contributed by atoms with Crippen LogP contribution in [0.2, 0.25) is 0 Å². The van der Waals surface area contributed by atoms with Crippen LogP contribution in [-0.2, 0) is 4.79 Å². The van der Waals surface area contributed by atoms with Crippen LogP contribution in [0.3, 0.4) is 0 Å². The van der Waals surface area contributed by atoms with Gasteiger partial charge in [-0.15, -0.1) is 10.2 Å². The van der Waals surface area contributed by atoms with Crippen molar-refractivity contribution in [3.63, 3.8) is 0 Å². The van der Waals surface area contributed by atoms with Gasteiger partial charge in [0.25, 0.3) is 5.91 Å². The van der Waals surface area contributed by atoms with Crippen LogP contribution < -0.4 is 10.1 Å². The second-order valence-corrected chi connectivity index (χ2v) is 5.49. The molecule has 21 heavy (non-hydrogen) atoms. The van der Waals surface area contributed by atoms with Crippen LogP contribution in [0.4, 0.5) is 5.13 Å². The van der Waals surface area contributed by atoms with Crippen LogP contribution in [-0.4, -0.2) is 27.7 Å². The Hall–Kier alpha value is -2.02. The first-order valence-electron chi connectivity index (χ1n) is 6.89. The maximum Gasteiger partial charge on any atom is 0.264 e. The summed E-state index contributed by atoms with van der Waals surface area (Å²) in [6.07, 6.45) is 5.24. The molecule has 7 heteroatoms. The van der Waals surface area contributed by atoms with Gasteiger partial charge >= 0.3 is 0 Å². The maximum absolute atomic E-state index is 11.8. The highest BCUT2D eigenvalue weighted by atomic mass is 32.1. The molecule has 0 fully saturated rings. The van der Waals surface area contributed by atoms with E-state index in [1.165, 1.54) is 11.3 Å². The van der Waals surface area contributed by atoms with E-state index in [0.29, 0.717) is 16.8 Å². The molecule has 0 saturated heterocycles. The van der Waals surface area contributed by atoms with Crippen LogP contribution in [0.15, 0.2) is 24.5 Å². The highest BCUT2D eigenvalue weighted by molar-refractivity contribution is 7.15. The molecule has 0 bridgehead atoms. The molecule has 1 N–H and O–H groups in total. The van der Waals surface area contributed by atoms with Crippen molar-refractivity contribution < 1.29 is 9.53 Å². The summed E-state index contributed by atoms with van der Waals surface area (Å²) in [7, 11) is 0. The van der Waals surface area contributed by atoms with Gasteiger partial charge in [0.05, 0.1) is 6.20 Å². The molecular formula is C14H18N4O2S. The standard InChI is InChI=1S/C14H18N4O2S/c1-3-10(4-2)13-17-18-14(21-13)16-12(19)9-20-11-6-5-7-15-8-11/h5-8,10H,3-4,9H2,1-2H3,(H,16,18,19). The van der Waals surface area contributed by atoms with Crippen molar-refractivity contribution in [1.29, 1.82) is 0 Å². The average Bonchev–Trinajstić information content (AvgIpc) is 2.96. The van der Waals surface area contributed by atoms with Gasteiger partial charge < -0.3 is 4.74 Å². The summed E-state index contributed by atoms with van der Waals surface area (Å²) in [6, 6.07) is 3.50. The van der Waals surface area contributed by atoms with E-state index in [-0.39, 0.29) is 12.5 Å². The predicted molar refractivity (Wildman–Crippen MR) is 81.6 cm³/mol. The minimum atomic E-state index is -0.258. The van der Waals surface area contributed by atoms with Crippen LogP contribution >= 0.6 is 11.3 Å². The smallest absolute Gasteiger partial charge is 0.264 e. The Labute approximate surface area is 127 Å². The van der Waals surface area contributed by atoms with Gasteiger partial charge in [-0.25, -0.2) is 0 Å². The van der Waals surface area contributed by atoms with E-state index in [9.17, 15) is 4.79 Å². The lowest BCUT2D eigenvalue weighted by molar-refractivity contribution is -0.118. The highest BCUT2D eigenvalue weighted by Crippen LogP contribution is 2.27. The zero-order valence-electron chi connectivity index (χ0n) is 12.1. The van der Waals surface area contributed by atoms with Crippen LogP contribution in [0.1, 0.15) is 37.6 Å². The van der Waals surface area contributed by atoms with E-state index >= 15 is 0 Å². The predicted octanol–water partition coefficient (Wildman–Crippen LogP) is 2.85. The monoisotopic (exact) mass is 306 g/mol. The van der Waals surface area contributed by atoms with Gasteiger partial charge in [-0.05, 0) is 25.0 Å². The van der Waals surface area contributed by atoms with Gasteiger partial charge in [-0.3, -0.25) is 15.1 Å². The molecule has 2 heterocycles. The number of nitrogens with one attached hydrogen (secondary N) is 1. The van der Waals surface area contributed by atoms with Crippen LogP contribution in [0, 0.1) is 0 Å². The van der Waals surface area contributed by atoms with Gasteiger partial charge in [0, 0.05) is 12.1 Å². The molecule has 0 aliphatic rings. The van der Waals surface area contributed by atoms with Crippen molar-refractivity contribution in [2.75, 3.05) is 11.9 Å². The molecule has 1 amide bonds. The number of nitrogens with zero attached hydrogens (tertiary/aromatic N) is 3. The first-order valence-corrected chi connectivity index (χ1v) is 7.70. The number of hydrogen-bond donors (Lipinski definition) is 1. The van der Waals surface area contributed by atoms with Gasteiger partial charge in [-0.2, -0.15) is 0 Å². The molecule has 2 aromatic rings. The van der Waals surface area contributed by atoms with Crippen LogP contribution in [0.25, 0.3) is 0 Å². The van der Waals surface area contributed by atoms with Crippen molar-refractivity contribution in [1.82, 2.24) is 15.2 Å². The second-order valence-electron chi connectivity index (χ2n) is 4.48. The average molecular weight is 306 g/mol. The quantitative estimate of drug-likeness (QED) is 0.851. The summed E-state index contributed by atoms with van der Waals surface area (Å²) in [6.45, 7) is 4.16. The second kappa shape index (κ2) is 7.68. The number of aromatic nitrogens is 3. The Morgan fingerprint density at radius 3 is 2.86 bits per heavy atom. The van der Waals surface area contributed by atoms with Gasteiger partial charge in [-0.1, -0.05) is 25.2 Å². The minimum absolute atomic E-state index is 0.0778. The van der Waals surface area contributed by atoms with E-state index < -0.39 is 0 Å². The Balaban J connectivity index is 1.85. The van der Waals surface area contributed by atoms with Gasteiger partial charge in [0.15, 0.2) is 6.61 Å². The third-order valence-electron chi connectivity index (χ3n) is 3.03. The fraction of sp³-hybridized carbons (Fsp3) is 0.429. The molecule has 0 aromatic carbocycles. The van der Waals surface area contributed by atoms with Crippen molar-refractivity contribution in [2.24, 2.45) is 0 Å². The zero-order chi connectivity index (χ0) is 15.1. The molecule has 0 radical (unpaired) electrons. The van der Waals surface area contributed by atoms with Crippen molar-refractivity contribution >= 4 is 22.4 Å². The third kappa shape index (κ3) is 4.49. The Kier molecular flexibility index (Phi) is 5.62. The summed E-state index contributed by atoms with van der Waals surface area (Å²) in [5, 5.41) is 12.3. The number of carbonyl (C=O) groups excluding carboxylic acids is 1. The number of amides is 1. The van der Waals surface area contributed by atoms with E-state index in [4.69, 9.17) is 4.74 Å². The molecule has 0 atom stereocenters. The molecule has 112 valence electrons. The Morgan fingerprint density at radius 2 is 2.19 bits per heavy atom. The molecule has 0 aliphatic carbocycles. The van der Waals surface area contributed by atoms with E-state index in [0.717, 1.165) is 17.8 Å². The van der Waals surface area contributed by atoms with Crippen LogP contribution in [0.5, 0.6) is 5.75 Å². The molecule has 6 nitrogen and oxygen atoms in total. The minimum Gasteiger partial charge on any atom is -0.482 e. The number of carbonyl (C=O) groups is 1. The Bertz CT molecular complexity index is 569. The highest BCUT2D eigenvalue weighted by Gasteiger charge is 2.14. The fourth-order valence-electron chi connectivity index (χ4n) is 1.82.